The molecule has 1 atom stereocenters. The lowest BCUT2D eigenvalue weighted by Gasteiger charge is -2.17. The Hall–Kier alpha value is -1.75. The van der Waals surface area contributed by atoms with Gasteiger partial charge in [0.05, 0.1) is 6.61 Å². The van der Waals surface area contributed by atoms with Crippen LogP contribution in [0.3, 0.4) is 0 Å². The van der Waals surface area contributed by atoms with E-state index in [1.165, 1.54) is 0 Å². The van der Waals surface area contributed by atoms with E-state index in [0.29, 0.717) is 6.61 Å². The number of allylic oxidation sites excluding steroid dienone is 6. The van der Waals surface area contributed by atoms with Gasteiger partial charge in [-0.1, -0.05) is 38.0 Å². The van der Waals surface area contributed by atoms with Gasteiger partial charge < -0.3 is 4.74 Å². The molecule has 0 saturated heterocycles. The van der Waals surface area contributed by atoms with Gasteiger partial charge in [0, 0.05) is 16.9 Å². The Balaban J connectivity index is 2.76. The Bertz CT molecular complexity index is 430. The van der Waals surface area contributed by atoms with Crippen LogP contribution in [-0.4, -0.2) is 12.6 Å². The molecular formula is C15H18O2. The molecule has 0 aromatic heterocycles. The SMILES string of the molecule is CCOC(=O)C#CC1=CC=CC(C)(CC)C=C1. The summed E-state index contributed by atoms with van der Waals surface area (Å²) < 4.78 is 4.74. The first-order valence-corrected chi connectivity index (χ1v) is 5.87. The van der Waals surface area contributed by atoms with Crippen LogP contribution in [0.2, 0.25) is 0 Å². The van der Waals surface area contributed by atoms with Gasteiger partial charge in [-0.2, -0.15) is 0 Å². The molecule has 0 aromatic rings. The summed E-state index contributed by atoms with van der Waals surface area (Å²) in [6.45, 7) is 6.43. The second-order valence-electron chi connectivity index (χ2n) is 4.14. The number of carbonyl (C=O) groups is 1. The van der Waals surface area contributed by atoms with Gasteiger partial charge in [-0.05, 0) is 25.5 Å². The highest BCUT2D eigenvalue weighted by molar-refractivity contribution is 5.89. The molecule has 1 aliphatic carbocycles. The van der Waals surface area contributed by atoms with Gasteiger partial charge in [-0.15, -0.1) is 0 Å². The van der Waals surface area contributed by atoms with Gasteiger partial charge in [-0.3, -0.25) is 0 Å². The number of rotatable bonds is 2. The van der Waals surface area contributed by atoms with Crippen LogP contribution in [0.4, 0.5) is 0 Å². The minimum Gasteiger partial charge on any atom is -0.456 e. The first-order valence-electron chi connectivity index (χ1n) is 5.87. The normalized spacial score (nSPS) is 22.2. The summed E-state index contributed by atoms with van der Waals surface area (Å²) in [4.78, 5) is 11.1. The molecule has 2 heteroatoms. The van der Waals surface area contributed by atoms with Crippen molar-refractivity contribution in [3.05, 3.63) is 36.0 Å². The molecule has 0 aliphatic heterocycles. The predicted octanol–water partition coefficient (Wildman–Crippen LogP) is 3.02. The van der Waals surface area contributed by atoms with E-state index in [-0.39, 0.29) is 5.41 Å². The summed E-state index contributed by atoms with van der Waals surface area (Å²) in [5.74, 6) is 4.79. The summed E-state index contributed by atoms with van der Waals surface area (Å²) in [6, 6.07) is 0. The van der Waals surface area contributed by atoms with Gasteiger partial charge in [0.15, 0.2) is 0 Å². The third-order valence-corrected chi connectivity index (χ3v) is 2.74. The number of hydrogen-bond donors (Lipinski definition) is 0. The zero-order valence-corrected chi connectivity index (χ0v) is 10.6. The molecule has 0 fully saturated rings. The molecular weight excluding hydrogens is 212 g/mol. The van der Waals surface area contributed by atoms with E-state index >= 15 is 0 Å². The Morgan fingerprint density at radius 1 is 1.41 bits per heavy atom. The average molecular weight is 230 g/mol. The van der Waals surface area contributed by atoms with Crippen molar-refractivity contribution in [2.45, 2.75) is 27.2 Å². The molecule has 0 spiro atoms. The Kier molecular flexibility index (Phi) is 4.78. The second-order valence-corrected chi connectivity index (χ2v) is 4.14. The minimum atomic E-state index is -0.478. The molecule has 0 radical (unpaired) electrons. The lowest BCUT2D eigenvalue weighted by molar-refractivity contribution is -0.136. The van der Waals surface area contributed by atoms with E-state index < -0.39 is 5.97 Å². The van der Waals surface area contributed by atoms with Crippen molar-refractivity contribution < 1.29 is 9.53 Å². The zero-order chi connectivity index (χ0) is 12.7. The fourth-order valence-corrected chi connectivity index (χ4v) is 1.37. The summed E-state index contributed by atoms with van der Waals surface area (Å²) in [5, 5.41) is 0. The van der Waals surface area contributed by atoms with Crippen LogP contribution >= 0.6 is 0 Å². The quantitative estimate of drug-likeness (QED) is 0.414. The molecule has 90 valence electrons. The van der Waals surface area contributed by atoms with E-state index in [1.54, 1.807) is 6.92 Å². The maximum absolute atomic E-state index is 11.1. The molecule has 0 heterocycles. The van der Waals surface area contributed by atoms with Crippen molar-refractivity contribution >= 4 is 5.97 Å². The summed E-state index contributed by atoms with van der Waals surface area (Å²) in [6.07, 6.45) is 11.1. The molecule has 0 saturated carbocycles. The maximum atomic E-state index is 11.1. The van der Waals surface area contributed by atoms with Crippen LogP contribution in [0.5, 0.6) is 0 Å². The fourth-order valence-electron chi connectivity index (χ4n) is 1.37. The third-order valence-electron chi connectivity index (χ3n) is 2.74. The van der Waals surface area contributed by atoms with Crippen molar-refractivity contribution in [3.8, 4) is 11.8 Å². The largest absolute Gasteiger partial charge is 0.456 e. The van der Waals surface area contributed by atoms with Gasteiger partial charge in [-0.25, -0.2) is 4.79 Å². The van der Waals surface area contributed by atoms with Crippen molar-refractivity contribution in [1.82, 2.24) is 0 Å². The monoisotopic (exact) mass is 230 g/mol. The van der Waals surface area contributed by atoms with Crippen LogP contribution in [0.15, 0.2) is 36.0 Å². The van der Waals surface area contributed by atoms with E-state index in [0.717, 1.165) is 12.0 Å². The Morgan fingerprint density at radius 2 is 2.18 bits per heavy atom. The molecule has 1 rings (SSSR count). The van der Waals surface area contributed by atoms with Crippen LogP contribution < -0.4 is 0 Å². The van der Waals surface area contributed by atoms with E-state index in [9.17, 15) is 4.79 Å². The topological polar surface area (TPSA) is 26.3 Å². The number of esters is 1. The van der Waals surface area contributed by atoms with Gasteiger partial charge in [0.2, 0.25) is 0 Å². The molecule has 2 nitrogen and oxygen atoms in total. The molecule has 0 N–H and O–H groups in total. The molecule has 0 aromatic carbocycles. The molecule has 0 amide bonds. The van der Waals surface area contributed by atoms with Gasteiger partial charge in [0.25, 0.3) is 0 Å². The first kappa shape index (κ1) is 13.3. The van der Waals surface area contributed by atoms with Crippen LogP contribution in [0.25, 0.3) is 0 Å². The molecule has 17 heavy (non-hydrogen) atoms. The molecule has 1 aliphatic rings. The standard InChI is InChI=1S/C15H18O2/c1-4-15(3)11-6-7-13(10-12-15)8-9-14(16)17-5-2/h6-7,10-12H,4-5H2,1-3H3. The second kappa shape index (κ2) is 6.10. The highest BCUT2D eigenvalue weighted by atomic mass is 16.5. The van der Waals surface area contributed by atoms with E-state index in [4.69, 9.17) is 4.74 Å². The summed E-state index contributed by atoms with van der Waals surface area (Å²) in [7, 11) is 0. The third kappa shape index (κ3) is 4.32. The Morgan fingerprint density at radius 3 is 2.82 bits per heavy atom. The number of ether oxygens (including phenoxy) is 1. The van der Waals surface area contributed by atoms with Crippen molar-refractivity contribution in [1.29, 1.82) is 0 Å². The van der Waals surface area contributed by atoms with Crippen LogP contribution in [0, 0.1) is 17.3 Å². The van der Waals surface area contributed by atoms with E-state index in [2.05, 4.69) is 37.8 Å². The van der Waals surface area contributed by atoms with E-state index in [1.807, 2.05) is 18.2 Å². The van der Waals surface area contributed by atoms with Crippen LogP contribution in [0.1, 0.15) is 27.2 Å². The van der Waals surface area contributed by atoms with Crippen LogP contribution in [-0.2, 0) is 9.53 Å². The molecule has 0 bridgehead atoms. The lowest BCUT2D eigenvalue weighted by Crippen LogP contribution is -2.06. The zero-order valence-electron chi connectivity index (χ0n) is 10.6. The smallest absolute Gasteiger partial charge is 0.384 e. The highest BCUT2D eigenvalue weighted by Crippen LogP contribution is 2.27. The van der Waals surface area contributed by atoms with Gasteiger partial charge in [0.1, 0.15) is 0 Å². The fraction of sp³-hybridized carbons (Fsp3) is 0.400. The highest BCUT2D eigenvalue weighted by Gasteiger charge is 2.14. The van der Waals surface area contributed by atoms with Crippen molar-refractivity contribution in [2.24, 2.45) is 5.41 Å². The first-order chi connectivity index (χ1) is 8.09. The van der Waals surface area contributed by atoms with Gasteiger partial charge >= 0.3 is 5.97 Å². The maximum Gasteiger partial charge on any atom is 0.384 e. The predicted molar refractivity (Wildman–Crippen MR) is 69.2 cm³/mol. The lowest BCUT2D eigenvalue weighted by atomic mass is 9.87. The minimum absolute atomic E-state index is 0.0733. The number of carbonyl (C=O) groups excluding carboxylic acids is 1. The Labute approximate surface area is 103 Å². The number of hydrogen-bond acceptors (Lipinski definition) is 2. The van der Waals surface area contributed by atoms with Crippen molar-refractivity contribution in [2.75, 3.05) is 6.61 Å². The summed E-state index contributed by atoms with van der Waals surface area (Å²) in [5.41, 5.74) is 0.899. The summed E-state index contributed by atoms with van der Waals surface area (Å²) >= 11 is 0. The average Bonchev–Trinajstić information content (AvgIpc) is 2.50. The van der Waals surface area contributed by atoms with Crippen molar-refractivity contribution in [3.63, 3.8) is 0 Å². The molecule has 1 unspecified atom stereocenters.